The second-order valence-electron chi connectivity index (χ2n) is 6.67. The Morgan fingerprint density at radius 3 is 2.66 bits per heavy atom. The van der Waals surface area contributed by atoms with E-state index in [-0.39, 0.29) is 33.6 Å². The third-order valence-electron chi connectivity index (χ3n) is 4.15. The molecule has 32 heavy (non-hydrogen) atoms. The number of rotatable bonds is 7. The van der Waals surface area contributed by atoms with Crippen molar-refractivity contribution in [2.75, 3.05) is 26.5 Å². The van der Waals surface area contributed by atoms with Gasteiger partial charge in [-0.2, -0.15) is 4.37 Å². The van der Waals surface area contributed by atoms with E-state index in [0.29, 0.717) is 15.9 Å². The molecule has 1 aromatic heterocycles. The van der Waals surface area contributed by atoms with E-state index in [1.165, 1.54) is 52.4 Å². The molecule has 0 bridgehead atoms. The number of aromatic hydroxyl groups is 1. The first-order chi connectivity index (χ1) is 15.1. The van der Waals surface area contributed by atoms with Crippen LogP contribution in [0, 0.1) is 0 Å². The molecule has 13 heteroatoms. The predicted molar refractivity (Wildman–Crippen MR) is 122 cm³/mol. The van der Waals surface area contributed by atoms with Crippen LogP contribution in [0.25, 0.3) is 10.9 Å². The Morgan fingerprint density at radius 1 is 1.25 bits per heavy atom. The molecule has 0 aliphatic rings. The number of sulfonamides is 1. The Bertz CT molecular complexity index is 1330. The van der Waals surface area contributed by atoms with E-state index in [1.54, 1.807) is 6.07 Å². The molecule has 3 rings (SSSR count). The van der Waals surface area contributed by atoms with Crippen LogP contribution in [0.3, 0.4) is 0 Å². The van der Waals surface area contributed by atoms with E-state index < -0.39 is 10.0 Å². The monoisotopic (exact) mass is 476 g/mol. The highest BCUT2D eigenvalue weighted by Gasteiger charge is 2.19. The number of hydrogen-bond acceptors (Lipinski definition) is 10. The maximum atomic E-state index is 12.4. The largest absolute Gasteiger partial charge is 0.504 e. The van der Waals surface area contributed by atoms with E-state index >= 15 is 0 Å². The van der Waals surface area contributed by atoms with Gasteiger partial charge in [0.2, 0.25) is 15.9 Å². The fourth-order valence-electron chi connectivity index (χ4n) is 2.61. The summed E-state index contributed by atoms with van der Waals surface area (Å²) >= 11 is 1.06. The van der Waals surface area contributed by atoms with Gasteiger partial charge in [0.05, 0.1) is 28.9 Å². The van der Waals surface area contributed by atoms with Crippen LogP contribution in [0.15, 0.2) is 50.4 Å². The van der Waals surface area contributed by atoms with Crippen LogP contribution >= 0.6 is 11.5 Å². The minimum absolute atomic E-state index is 0.103. The molecule has 0 saturated carbocycles. The number of carbonyl (C=O) groups is 1. The lowest BCUT2D eigenvalue weighted by Crippen LogP contribution is -2.22. The molecule has 0 aliphatic heterocycles. The van der Waals surface area contributed by atoms with E-state index in [1.807, 2.05) is 0 Å². The number of aliphatic imine (C=N–C) groups is 1. The van der Waals surface area contributed by atoms with Crippen molar-refractivity contribution in [3.05, 3.63) is 30.3 Å². The predicted octanol–water partition coefficient (Wildman–Crippen LogP) is 3.93. The molecular weight excluding hydrogens is 456 g/mol. The zero-order valence-electron chi connectivity index (χ0n) is 17.6. The zero-order chi connectivity index (χ0) is 23.5. The first-order valence-electron chi connectivity index (χ1n) is 9.07. The van der Waals surface area contributed by atoms with E-state index in [2.05, 4.69) is 24.9 Å². The maximum absolute atomic E-state index is 12.4. The Kier molecular flexibility index (Phi) is 6.81. The van der Waals surface area contributed by atoms with Gasteiger partial charge in [-0.05, 0) is 41.9 Å². The number of benzene rings is 2. The van der Waals surface area contributed by atoms with Crippen LogP contribution in [0.5, 0.6) is 5.75 Å². The first-order valence-corrected chi connectivity index (χ1v) is 11.3. The summed E-state index contributed by atoms with van der Waals surface area (Å²) in [5.41, 5.74) is 1.08. The van der Waals surface area contributed by atoms with Gasteiger partial charge in [-0.25, -0.2) is 17.7 Å². The summed E-state index contributed by atoms with van der Waals surface area (Å²) in [6.07, 6.45) is 1.12. The third-order valence-corrected chi connectivity index (χ3v) is 6.72. The number of carbonyl (C=O) groups excluding carboxylic acids is 1. The topological polar surface area (TPSA) is 146 Å². The van der Waals surface area contributed by atoms with Gasteiger partial charge in [0, 0.05) is 26.4 Å². The fraction of sp³-hybridized carbons (Fsp3) is 0.211. The average Bonchev–Trinajstić information content (AvgIpc) is 3.15. The highest BCUT2D eigenvalue weighted by Crippen LogP contribution is 2.40. The van der Waals surface area contributed by atoms with Crippen LogP contribution in [-0.4, -0.2) is 55.7 Å². The van der Waals surface area contributed by atoms with E-state index in [9.17, 15) is 18.3 Å². The van der Waals surface area contributed by atoms with Crippen molar-refractivity contribution in [1.82, 2.24) is 8.68 Å². The van der Waals surface area contributed by atoms with Crippen LogP contribution in [0.2, 0.25) is 0 Å². The maximum Gasteiger partial charge on any atom is 0.242 e. The molecule has 2 aromatic carbocycles. The number of nitrogens with one attached hydrogen (secondary N) is 1. The van der Waals surface area contributed by atoms with Crippen molar-refractivity contribution < 1.29 is 23.1 Å². The summed E-state index contributed by atoms with van der Waals surface area (Å²) < 4.78 is 35.1. The number of fused-ring (bicyclic) bond motifs is 1. The molecule has 0 saturated heterocycles. The third kappa shape index (κ3) is 4.90. The molecule has 2 N–H and O–H groups in total. The lowest BCUT2D eigenvalue weighted by Gasteiger charge is -2.11. The summed E-state index contributed by atoms with van der Waals surface area (Å²) in [6, 6.07) is 7.46. The highest BCUT2D eigenvalue weighted by atomic mass is 32.2. The molecule has 0 radical (unpaired) electrons. The second kappa shape index (κ2) is 9.38. The zero-order valence-corrected chi connectivity index (χ0v) is 19.2. The Hall–Kier alpha value is -3.42. The minimum atomic E-state index is -3.62. The van der Waals surface area contributed by atoms with E-state index in [0.717, 1.165) is 22.2 Å². The summed E-state index contributed by atoms with van der Waals surface area (Å²) in [6.45, 7) is 1.30. The van der Waals surface area contributed by atoms with E-state index in [4.69, 9.17) is 4.74 Å². The number of amides is 1. The van der Waals surface area contributed by atoms with Crippen LogP contribution in [-0.2, 0) is 19.6 Å². The van der Waals surface area contributed by atoms with Gasteiger partial charge in [-0.1, -0.05) is 0 Å². The Balaban J connectivity index is 2.05. The summed E-state index contributed by atoms with van der Waals surface area (Å²) in [7, 11) is 0.680. The number of hydrogen-bond donors (Lipinski definition) is 2. The van der Waals surface area contributed by atoms with Gasteiger partial charge in [-0.15, -0.1) is 10.2 Å². The fourth-order valence-corrected chi connectivity index (χ4v) is 4.22. The molecule has 1 amide bonds. The molecule has 1 heterocycles. The number of anilines is 1. The number of aromatic nitrogens is 1. The molecule has 0 fully saturated rings. The van der Waals surface area contributed by atoms with Gasteiger partial charge < -0.3 is 15.2 Å². The summed E-state index contributed by atoms with van der Waals surface area (Å²) in [4.78, 5) is 15.5. The van der Waals surface area contributed by atoms with Crippen molar-refractivity contribution in [3.8, 4) is 5.75 Å². The van der Waals surface area contributed by atoms with Gasteiger partial charge in [0.15, 0.2) is 17.2 Å². The number of ether oxygens (including phenoxy) is 1. The van der Waals surface area contributed by atoms with Crippen molar-refractivity contribution >= 4 is 66.8 Å². The smallest absolute Gasteiger partial charge is 0.242 e. The molecule has 11 nitrogen and oxygen atoms in total. The quantitative estimate of drug-likeness (QED) is 0.229. The first kappa shape index (κ1) is 23.2. The summed E-state index contributed by atoms with van der Waals surface area (Å²) in [5.74, 6) is -0.645. The Morgan fingerprint density at radius 2 is 2.00 bits per heavy atom. The molecule has 168 valence electrons. The second-order valence-corrected chi connectivity index (χ2v) is 9.57. The number of azo groups is 1. The van der Waals surface area contributed by atoms with Crippen molar-refractivity contribution in [3.63, 3.8) is 0 Å². The van der Waals surface area contributed by atoms with Gasteiger partial charge in [0.1, 0.15) is 5.69 Å². The summed E-state index contributed by atoms with van der Waals surface area (Å²) in [5, 5.41) is 22.1. The standard InChI is InChI=1S/C19H20N6O5S2/c1-11(26)21-17-8-12(7-16(18(17)27)20-10-30-4)22-23-19-14-9-13(32(28,29)25(2)3)5-6-15(14)24-31-19/h5-10,27H,1-4H3,(H,21,26). The highest BCUT2D eigenvalue weighted by molar-refractivity contribution is 7.89. The average molecular weight is 477 g/mol. The van der Waals surface area contributed by atoms with Gasteiger partial charge >= 0.3 is 0 Å². The number of nitrogens with zero attached hydrogens (tertiary/aromatic N) is 5. The lowest BCUT2D eigenvalue weighted by atomic mass is 10.2. The molecule has 0 unspecified atom stereocenters. The SMILES string of the molecule is COC=Nc1cc(N=Nc2snc3ccc(S(=O)(=O)N(C)C)cc23)cc(NC(C)=O)c1O. The van der Waals surface area contributed by atoms with Crippen molar-refractivity contribution in [1.29, 1.82) is 0 Å². The molecule has 0 atom stereocenters. The van der Waals surface area contributed by atoms with Crippen LogP contribution < -0.4 is 5.32 Å². The number of phenols is 1. The van der Waals surface area contributed by atoms with Crippen LogP contribution in [0.4, 0.5) is 22.1 Å². The van der Waals surface area contributed by atoms with Gasteiger partial charge in [-0.3, -0.25) is 4.79 Å². The number of methoxy groups -OCH3 is 1. The molecule has 0 aliphatic carbocycles. The number of phenolic OH excluding ortho intramolecular Hbond substituents is 1. The lowest BCUT2D eigenvalue weighted by molar-refractivity contribution is -0.114. The molecular formula is C19H20N6O5S2. The van der Waals surface area contributed by atoms with Gasteiger partial charge in [0.25, 0.3) is 0 Å². The van der Waals surface area contributed by atoms with Crippen molar-refractivity contribution in [2.24, 2.45) is 15.2 Å². The Labute approximate surface area is 188 Å². The molecule has 0 spiro atoms. The van der Waals surface area contributed by atoms with Crippen molar-refractivity contribution in [2.45, 2.75) is 11.8 Å². The molecule has 3 aromatic rings. The normalized spacial score (nSPS) is 12.3. The van der Waals surface area contributed by atoms with Crippen LogP contribution in [0.1, 0.15) is 6.92 Å². The minimum Gasteiger partial charge on any atom is -0.504 e.